The third-order valence-corrected chi connectivity index (χ3v) is 10.6. The van der Waals surface area contributed by atoms with E-state index >= 15 is 0 Å². The number of benzene rings is 2. The average Bonchev–Trinajstić information content (AvgIpc) is 3.19. The fourth-order valence-corrected chi connectivity index (χ4v) is 7.71. The number of aliphatic hydroxyl groups excluding tert-OH is 1. The minimum Gasteiger partial charge on any atom is -0.490 e. The molecule has 5 rings (SSSR count). The number of allylic oxidation sites excluding steroid dienone is 1. The van der Waals surface area contributed by atoms with Crippen LogP contribution in [-0.2, 0) is 31.8 Å². The van der Waals surface area contributed by atoms with Crippen molar-refractivity contribution in [1.82, 2.24) is 4.90 Å². The number of hydrogen-bond donors (Lipinski definition) is 2. The van der Waals surface area contributed by atoms with Crippen LogP contribution in [0, 0.1) is 11.8 Å². The number of aliphatic hydroxyl groups is 2. The number of methoxy groups -OCH3 is 1. The van der Waals surface area contributed by atoms with Gasteiger partial charge < -0.3 is 29.5 Å². The summed E-state index contributed by atoms with van der Waals surface area (Å²) in [6.07, 6.45) is 8.62. The number of aryl methyl sites for hydroxylation is 1. The van der Waals surface area contributed by atoms with Gasteiger partial charge in [-0.25, -0.2) is 4.79 Å². The maximum atomic E-state index is 13.3. The average molecular weight is 651 g/mol. The van der Waals surface area contributed by atoms with Crippen LogP contribution in [0.2, 0.25) is 5.02 Å². The molecule has 46 heavy (non-hydrogen) atoms. The Kier molecular flexibility index (Phi) is 10.5. The van der Waals surface area contributed by atoms with Crippen molar-refractivity contribution in [2.24, 2.45) is 11.8 Å². The molecule has 9 heteroatoms. The zero-order chi connectivity index (χ0) is 33.1. The number of hydrogen-bond acceptors (Lipinski definition) is 7. The highest BCUT2D eigenvalue weighted by Crippen LogP contribution is 2.47. The molecule has 2 N–H and O–H groups in total. The Morgan fingerprint density at radius 2 is 2.07 bits per heavy atom. The van der Waals surface area contributed by atoms with E-state index in [9.17, 15) is 19.8 Å². The van der Waals surface area contributed by atoms with E-state index in [0.29, 0.717) is 37.0 Å². The van der Waals surface area contributed by atoms with Crippen molar-refractivity contribution in [2.45, 2.75) is 68.5 Å². The first-order chi connectivity index (χ1) is 22.0. The quantitative estimate of drug-likeness (QED) is 0.176. The lowest BCUT2D eigenvalue weighted by Gasteiger charge is -2.45. The molecule has 2 aromatic carbocycles. The van der Waals surface area contributed by atoms with E-state index in [-0.39, 0.29) is 28.7 Å². The van der Waals surface area contributed by atoms with Crippen LogP contribution in [0.3, 0.4) is 0 Å². The summed E-state index contributed by atoms with van der Waals surface area (Å²) in [5, 5.41) is 23.3. The molecule has 1 amide bonds. The van der Waals surface area contributed by atoms with Crippen molar-refractivity contribution in [3.05, 3.63) is 83.4 Å². The lowest BCUT2D eigenvalue weighted by Crippen LogP contribution is -2.49. The van der Waals surface area contributed by atoms with Gasteiger partial charge in [-0.2, -0.15) is 0 Å². The highest BCUT2D eigenvalue weighted by Gasteiger charge is 2.46. The SMILES string of the molecule is C=CCCCN(C)C(=O)C[C@@](O)(C(=O)OC)c1ccc2c(c1)N(C[C@@H]1CC[C@H]1[C@@H](O)C=C)C[C@@]1(CCCc3cc(Cl)ccc31)CO2. The Hall–Kier alpha value is -3.33. The number of carbonyl (C=O) groups is 2. The van der Waals surface area contributed by atoms with Crippen LogP contribution in [-0.4, -0.2) is 73.5 Å². The van der Waals surface area contributed by atoms with Crippen molar-refractivity contribution in [3.8, 4) is 5.75 Å². The summed E-state index contributed by atoms with van der Waals surface area (Å²) in [6.45, 7) is 9.78. The number of carbonyl (C=O) groups excluding carboxylic acids is 2. The topological polar surface area (TPSA) is 99.5 Å². The van der Waals surface area contributed by atoms with E-state index in [4.69, 9.17) is 21.1 Å². The third kappa shape index (κ3) is 6.71. The van der Waals surface area contributed by atoms with Gasteiger partial charge in [-0.15, -0.1) is 13.2 Å². The van der Waals surface area contributed by atoms with Crippen LogP contribution >= 0.6 is 11.6 Å². The molecule has 0 aromatic heterocycles. The molecule has 2 aromatic rings. The van der Waals surface area contributed by atoms with Crippen molar-refractivity contribution in [1.29, 1.82) is 0 Å². The molecule has 248 valence electrons. The second-order valence-electron chi connectivity index (χ2n) is 13.3. The highest BCUT2D eigenvalue weighted by molar-refractivity contribution is 6.30. The first-order valence-electron chi connectivity index (χ1n) is 16.3. The second kappa shape index (κ2) is 14.2. The van der Waals surface area contributed by atoms with Crippen LogP contribution < -0.4 is 9.64 Å². The molecule has 1 aliphatic heterocycles. The van der Waals surface area contributed by atoms with Gasteiger partial charge in [-0.3, -0.25) is 4.79 Å². The molecule has 0 saturated heterocycles. The molecule has 0 unspecified atom stereocenters. The molecule has 8 nitrogen and oxygen atoms in total. The number of nitrogens with zero attached hydrogens (tertiary/aromatic N) is 2. The van der Waals surface area contributed by atoms with E-state index in [0.717, 1.165) is 50.6 Å². The van der Waals surface area contributed by atoms with E-state index in [1.54, 1.807) is 37.4 Å². The lowest BCUT2D eigenvalue weighted by atomic mass is 9.68. The predicted molar refractivity (Wildman–Crippen MR) is 180 cm³/mol. The highest BCUT2D eigenvalue weighted by atomic mass is 35.5. The summed E-state index contributed by atoms with van der Waals surface area (Å²) >= 11 is 6.41. The van der Waals surface area contributed by atoms with Gasteiger partial charge >= 0.3 is 5.97 Å². The molecule has 0 radical (unpaired) electrons. The van der Waals surface area contributed by atoms with Crippen molar-refractivity contribution < 1.29 is 29.3 Å². The third-order valence-electron chi connectivity index (χ3n) is 10.4. The molecular weight excluding hydrogens is 604 g/mol. The molecule has 1 fully saturated rings. The fraction of sp³-hybridized carbons (Fsp3) is 0.514. The number of anilines is 1. The second-order valence-corrected chi connectivity index (χ2v) is 13.7. The zero-order valence-corrected chi connectivity index (χ0v) is 27.8. The molecule has 1 heterocycles. The van der Waals surface area contributed by atoms with Crippen molar-refractivity contribution in [2.75, 3.05) is 45.3 Å². The van der Waals surface area contributed by atoms with E-state index < -0.39 is 24.1 Å². The van der Waals surface area contributed by atoms with Crippen molar-refractivity contribution >= 4 is 29.2 Å². The van der Waals surface area contributed by atoms with Gasteiger partial charge in [0.15, 0.2) is 5.60 Å². The van der Waals surface area contributed by atoms with E-state index in [2.05, 4.69) is 30.2 Å². The number of unbranched alkanes of at least 4 members (excludes halogenated alkanes) is 1. The Morgan fingerprint density at radius 1 is 1.26 bits per heavy atom. The van der Waals surface area contributed by atoms with Gasteiger partial charge in [0.1, 0.15) is 5.75 Å². The van der Waals surface area contributed by atoms with Gasteiger partial charge in [0, 0.05) is 37.1 Å². The predicted octanol–water partition coefficient (Wildman–Crippen LogP) is 5.56. The van der Waals surface area contributed by atoms with Gasteiger partial charge in [0.25, 0.3) is 0 Å². The molecule has 0 bridgehead atoms. The number of rotatable bonds is 12. The van der Waals surface area contributed by atoms with E-state index in [1.165, 1.54) is 23.1 Å². The monoisotopic (exact) mass is 650 g/mol. The number of fused-ring (bicyclic) bond motifs is 3. The number of amides is 1. The number of ether oxygens (including phenoxy) is 2. The normalized spacial score (nSPS) is 23.8. The molecule has 1 saturated carbocycles. The largest absolute Gasteiger partial charge is 0.490 e. The lowest BCUT2D eigenvalue weighted by molar-refractivity contribution is -0.168. The summed E-state index contributed by atoms with van der Waals surface area (Å²) in [4.78, 5) is 30.3. The minimum atomic E-state index is -2.20. The Bertz CT molecular complexity index is 1460. The summed E-state index contributed by atoms with van der Waals surface area (Å²) < 4.78 is 11.7. The Balaban J connectivity index is 1.53. The zero-order valence-electron chi connectivity index (χ0n) is 27.1. The smallest absolute Gasteiger partial charge is 0.343 e. The molecular formula is C37H47ClN2O6. The summed E-state index contributed by atoms with van der Waals surface area (Å²) in [5.41, 5.74) is 0.958. The summed E-state index contributed by atoms with van der Waals surface area (Å²) in [5.74, 6) is -0.306. The van der Waals surface area contributed by atoms with Crippen LogP contribution in [0.4, 0.5) is 5.69 Å². The maximum absolute atomic E-state index is 13.3. The van der Waals surface area contributed by atoms with Crippen LogP contribution in [0.15, 0.2) is 61.7 Å². The van der Waals surface area contributed by atoms with E-state index in [1.807, 2.05) is 6.07 Å². The van der Waals surface area contributed by atoms with Gasteiger partial charge in [0.05, 0.1) is 31.9 Å². The summed E-state index contributed by atoms with van der Waals surface area (Å²) in [7, 11) is 2.87. The molecule has 2 aliphatic carbocycles. The summed E-state index contributed by atoms with van der Waals surface area (Å²) in [6, 6.07) is 11.3. The van der Waals surface area contributed by atoms with Crippen LogP contribution in [0.5, 0.6) is 5.75 Å². The first-order valence-corrected chi connectivity index (χ1v) is 16.7. The molecule has 3 aliphatic rings. The number of esters is 1. The number of halogens is 1. The first kappa shape index (κ1) is 34.0. The Labute approximate surface area is 277 Å². The van der Waals surface area contributed by atoms with Crippen LogP contribution in [0.1, 0.15) is 61.6 Å². The van der Waals surface area contributed by atoms with Crippen molar-refractivity contribution in [3.63, 3.8) is 0 Å². The van der Waals surface area contributed by atoms with Gasteiger partial charge in [-0.05, 0) is 97.7 Å². The Morgan fingerprint density at radius 3 is 2.76 bits per heavy atom. The molecule has 1 spiro atoms. The fourth-order valence-electron chi connectivity index (χ4n) is 7.51. The van der Waals surface area contributed by atoms with Gasteiger partial charge in [0.2, 0.25) is 5.91 Å². The molecule has 5 atom stereocenters. The standard InChI is InChI=1S/C37H47ClN2O6/c1-5-7-8-18-39(3)34(42)21-37(44,35(43)45-4)27-12-16-33-31(20-27)40(22-26-11-14-29(26)32(41)6-2)23-36(24-46-33)17-9-10-25-19-28(38)13-15-30(25)36/h5-6,12-13,15-16,19-20,26,29,32,41,44H,1-2,7-11,14,17-18,21-24H2,3-4H3/t26-,29+,32-,36-,37-/m0/s1. The van der Waals surface area contributed by atoms with Crippen LogP contribution in [0.25, 0.3) is 0 Å². The van der Waals surface area contributed by atoms with Gasteiger partial charge in [-0.1, -0.05) is 35.9 Å². The minimum absolute atomic E-state index is 0.1000. The maximum Gasteiger partial charge on any atom is 0.343 e.